The van der Waals surface area contributed by atoms with Crippen LogP contribution in [-0.4, -0.2) is 24.4 Å². The number of aliphatic hydroxyl groups is 1. The van der Waals surface area contributed by atoms with Crippen LogP contribution in [0.1, 0.15) is 18.3 Å². The Morgan fingerprint density at radius 1 is 1.47 bits per heavy atom. The lowest BCUT2D eigenvalue weighted by atomic mass is 10.4. The first-order chi connectivity index (χ1) is 7.33. The number of hydrogen-bond donors (Lipinski definition) is 1. The van der Waals surface area contributed by atoms with Crippen LogP contribution in [0.25, 0.3) is 0 Å². The monoisotopic (exact) mass is 206 g/mol. The fourth-order valence-electron chi connectivity index (χ4n) is 1.52. The van der Waals surface area contributed by atoms with Crippen LogP contribution >= 0.6 is 0 Å². The highest BCUT2D eigenvalue weighted by molar-refractivity contribution is 5.09. The van der Waals surface area contributed by atoms with E-state index in [1.165, 1.54) is 0 Å². The molecule has 0 saturated carbocycles. The van der Waals surface area contributed by atoms with Crippen LogP contribution in [0, 0.1) is 0 Å². The molecular weight excluding hydrogens is 192 g/mol. The van der Waals surface area contributed by atoms with Gasteiger partial charge in [-0.3, -0.25) is 0 Å². The van der Waals surface area contributed by atoms with E-state index in [1.54, 1.807) is 6.33 Å². The van der Waals surface area contributed by atoms with Crippen molar-refractivity contribution in [3.63, 3.8) is 0 Å². The predicted octanol–water partition coefficient (Wildman–Crippen LogP) is 0.640. The summed E-state index contributed by atoms with van der Waals surface area (Å²) in [5.41, 5.74) is 0.914. The van der Waals surface area contributed by atoms with Crippen molar-refractivity contribution in [2.24, 2.45) is 0 Å². The van der Waals surface area contributed by atoms with Crippen LogP contribution < -0.4 is 0 Å². The summed E-state index contributed by atoms with van der Waals surface area (Å²) in [5, 5.41) is 13.0. The van der Waals surface area contributed by atoms with Gasteiger partial charge in [-0.2, -0.15) is 5.10 Å². The summed E-state index contributed by atoms with van der Waals surface area (Å²) in [4.78, 5) is 4.19. The largest absolute Gasteiger partial charge is 0.392 e. The van der Waals surface area contributed by atoms with Crippen LogP contribution in [0.3, 0.4) is 0 Å². The Balaban J connectivity index is 2.14. The smallest absolute Gasteiger partial charge is 0.146 e. The Bertz CT molecular complexity index is 432. The van der Waals surface area contributed by atoms with Crippen LogP contribution in [0.15, 0.2) is 24.8 Å². The molecule has 2 rings (SSSR count). The molecule has 0 amide bonds. The highest BCUT2D eigenvalue weighted by Crippen LogP contribution is 2.04. The van der Waals surface area contributed by atoms with Gasteiger partial charge >= 0.3 is 0 Å². The minimum Gasteiger partial charge on any atom is -0.392 e. The van der Waals surface area contributed by atoms with Crippen LogP contribution in [0.4, 0.5) is 0 Å². The van der Waals surface area contributed by atoms with Crippen molar-refractivity contribution < 1.29 is 5.11 Å². The highest BCUT2D eigenvalue weighted by Gasteiger charge is 2.03. The van der Waals surface area contributed by atoms with Crippen molar-refractivity contribution in [1.29, 1.82) is 0 Å². The Morgan fingerprint density at radius 3 is 3.00 bits per heavy atom. The standard InChI is InChI=1S/C10H14N4O/c1-2-14-10(11-8-12-14)6-13-4-3-9(5-13)7-15/h3-5,8,15H,2,6-7H2,1H3. The van der Waals surface area contributed by atoms with E-state index in [2.05, 4.69) is 10.1 Å². The van der Waals surface area contributed by atoms with E-state index in [0.29, 0.717) is 6.54 Å². The van der Waals surface area contributed by atoms with E-state index in [0.717, 1.165) is 17.9 Å². The molecule has 0 bridgehead atoms. The third kappa shape index (κ3) is 2.07. The molecule has 0 aliphatic rings. The third-order valence-electron chi connectivity index (χ3n) is 2.31. The van der Waals surface area contributed by atoms with Crippen molar-refractivity contribution >= 4 is 0 Å². The fourth-order valence-corrected chi connectivity index (χ4v) is 1.52. The third-order valence-corrected chi connectivity index (χ3v) is 2.31. The zero-order valence-electron chi connectivity index (χ0n) is 8.67. The molecule has 0 radical (unpaired) electrons. The Hall–Kier alpha value is -1.62. The van der Waals surface area contributed by atoms with E-state index < -0.39 is 0 Å². The van der Waals surface area contributed by atoms with Gasteiger partial charge < -0.3 is 9.67 Å². The van der Waals surface area contributed by atoms with Crippen LogP contribution in [0.5, 0.6) is 0 Å². The van der Waals surface area contributed by atoms with Crippen molar-refractivity contribution in [2.75, 3.05) is 0 Å². The molecule has 0 atom stereocenters. The number of aromatic nitrogens is 4. The molecule has 0 aliphatic carbocycles. The molecule has 0 aliphatic heterocycles. The lowest BCUT2D eigenvalue weighted by Gasteiger charge is -2.03. The van der Waals surface area contributed by atoms with Crippen LogP contribution in [-0.2, 0) is 19.7 Å². The molecule has 0 saturated heterocycles. The molecule has 0 spiro atoms. The first-order valence-electron chi connectivity index (χ1n) is 4.95. The maximum absolute atomic E-state index is 8.93. The topological polar surface area (TPSA) is 55.9 Å². The molecule has 5 nitrogen and oxygen atoms in total. The second-order valence-electron chi connectivity index (χ2n) is 3.34. The molecule has 2 aromatic heterocycles. The van der Waals surface area contributed by atoms with Crippen molar-refractivity contribution in [1.82, 2.24) is 19.3 Å². The van der Waals surface area contributed by atoms with Gasteiger partial charge in [0.25, 0.3) is 0 Å². The van der Waals surface area contributed by atoms with Gasteiger partial charge in [0, 0.05) is 18.9 Å². The summed E-state index contributed by atoms with van der Waals surface area (Å²) in [6.07, 6.45) is 5.41. The number of aliphatic hydroxyl groups excluding tert-OH is 1. The van der Waals surface area contributed by atoms with Gasteiger partial charge in [0.15, 0.2) is 0 Å². The molecule has 0 unspecified atom stereocenters. The maximum Gasteiger partial charge on any atom is 0.146 e. The van der Waals surface area contributed by atoms with Crippen molar-refractivity contribution in [3.05, 3.63) is 36.2 Å². The summed E-state index contributed by atoms with van der Waals surface area (Å²) in [5.74, 6) is 0.928. The minimum absolute atomic E-state index is 0.0769. The molecule has 2 heterocycles. The quantitative estimate of drug-likeness (QED) is 0.798. The first kappa shape index (κ1) is 9.92. The molecule has 1 N–H and O–H groups in total. The maximum atomic E-state index is 8.93. The summed E-state index contributed by atoms with van der Waals surface area (Å²) in [6.45, 7) is 3.62. The Labute approximate surface area is 88.0 Å². The van der Waals surface area contributed by atoms with E-state index in [9.17, 15) is 0 Å². The number of aryl methyl sites for hydroxylation is 1. The Kier molecular flexibility index (Phi) is 2.82. The average molecular weight is 206 g/mol. The lowest BCUT2D eigenvalue weighted by Crippen LogP contribution is -2.07. The summed E-state index contributed by atoms with van der Waals surface area (Å²) in [7, 11) is 0. The number of hydrogen-bond acceptors (Lipinski definition) is 3. The Morgan fingerprint density at radius 2 is 2.33 bits per heavy atom. The van der Waals surface area contributed by atoms with Gasteiger partial charge in [-0.1, -0.05) is 0 Å². The molecule has 2 aromatic rings. The molecule has 0 fully saturated rings. The number of nitrogens with zero attached hydrogens (tertiary/aromatic N) is 4. The van der Waals surface area contributed by atoms with Gasteiger partial charge in [-0.15, -0.1) is 0 Å². The van der Waals surface area contributed by atoms with E-state index in [1.807, 2.05) is 34.6 Å². The van der Waals surface area contributed by atoms with Crippen LogP contribution in [0.2, 0.25) is 0 Å². The van der Waals surface area contributed by atoms with Crippen molar-refractivity contribution in [3.8, 4) is 0 Å². The predicted molar refractivity (Wildman–Crippen MR) is 55.2 cm³/mol. The highest BCUT2D eigenvalue weighted by atomic mass is 16.3. The average Bonchev–Trinajstić information content (AvgIpc) is 2.87. The molecule has 15 heavy (non-hydrogen) atoms. The van der Waals surface area contributed by atoms with E-state index in [4.69, 9.17) is 5.11 Å². The van der Waals surface area contributed by atoms with Crippen molar-refractivity contribution in [2.45, 2.75) is 26.6 Å². The van der Waals surface area contributed by atoms with Gasteiger partial charge in [0.1, 0.15) is 12.2 Å². The van der Waals surface area contributed by atoms with E-state index >= 15 is 0 Å². The summed E-state index contributed by atoms with van der Waals surface area (Å²) in [6, 6.07) is 1.90. The van der Waals surface area contributed by atoms with E-state index in [-0.39, 0.29) is 6.61 Å². The lowest BCUT2D eigenvalue weighted by molar-refractivity contribution is 0.281. The summed E-state index contributed by atoms with van der Waals surface area (Å²) < 4.78 is 3.85. The van der Waals surface area contributed by atoms with Gasteiger partial charge in [0.2, 0.25) is 0 Å². The normalized spacial score (nSPS) is 10.8. The van der Waals surface area contributed by atoms with Gasteiger partial charge in [0.05, 0.1) is 13.2 Å². The van der Waals surface area contributed by atoms with Gasteiger partial charge in [-0.25, -0.2) is 9.67 Å². The number of rotatable bonds is 4. The zero-order chi connectivity index (χ0) is 10.7. The molecular formula is C10H14N4O. The molecule has 5 heteroatoms. The first-order valence-corrected chi connectivity index (χ1v) is 4.95. The SMILES string of the molecule is CCn1ncnc1Cn1ccc(CO)c1. The minimum atomic E-state index is 0.0769. The fraction of sp³-hybridized carbons (Fsp3) is 0.400. The molecule has 80 valence electrons. The summed E-state index contributed by atoms with van der Waals surface area (Å²) >= 11 is 0. The van der Waals surface area contributed by atoms with Gasteiger partial charge in [-0.05, 0) is 18.6 Å². The molecule has 0 aromatic carbocycles. The second kappa shape index (κ2) is 4.27. The zero-order valence-corrected chi connectivity index (χ0v) is 8.67. The second-order valence-corrected chi connectivity index (χ2v) is 3.34.